The van der Waals surface area contributed by atoms with Crippen molar-refractivity contribution in [1.29, 1.82) is 0 Å². The summed E-state index contributed by atoms with van der Waals surface area (Å²) in [5, 5.41) is 17.5. The number of benzene rings is 1. The summed E-state index contributed by atoms with van der Waals surface area (Å²) in [4.78, 5) is 12.4. The van der Waals surface area contributed by atoms with Crippen LogP contribution >= 0.6 is 11.6 Å². The van der Waals surface area contributed by atoms with E-state index in [1.165, 1.54) is 12.5 Å². The van der Waals surface area contributed by atoms with Crippen molar-refractivity contribution in [3.05, 3.63) is 65.3 Å². The largest absolute Gasteiger partial charge is 0.466 e. The maximum Gasteiger partial charge on any atom is 0.257 e. The van der Waals surface area contributed by atoms with Crippen molar-refractivity contribution in [1.82, 2.24) is 10.5 Å². The van der Waals surface area contributed by atoms with Crippen LogP contribution in [0, 0.1) is 0 Å². The molecule has 0 saturated heterocycles. The first kappa shape index (κ1) is 16.3. The Labute approximate surface area is 143 Å². The van der Waals surface area contributed by atoms with Crippen molar-refractivity contribution >= 4 is 17.5 Å². The van der Waals surface area contributed by atoms with Crippen LogP contribution in [0.2, 0.25) is 5.02 Å². The molecule has 0 spiro atoms. The average Bonchev–Trinajstić information content (AvgIpc) is 3.25. The molecule has 0 saturated carbocycles. The Hall–Kier alpha value is -2.57. The van der Waals surface area contributed by atoms with Crippen LogP contribution in [-0.4, -0.2) is 22.7 Å². The van der Waals surface area contributed by atoms with E-state index in [2.05, 4.69) is 10.5 Å². The van der Waals surface area contributed by atoms with Gasteiger partial charge in [0.15, 0.2) is 0 Å². The van der Waals surface area contributed by atoms with E-state index in [0.29, 0.717) is 22.0 Å². The number of nitrogens with one attached hydrogen (secondary N) is 1. The zero-order valence-corrected chi connectivity index (χ0v) is 13.6. The second-order valence-electron chi connectivity index (χ2n) is 5.52. The quantitative estimate of drug-likeness (QED) is 0.740. The first-order valence-electron chi connectivity index (χ1n) is 7.22. The fourth-order valence-corrected chi connectivity index (χ4v) is 2.36. The Morgan fingerprint density at radius 2 is 2.08 bits per heavy atom. The minimum Gasteiger partial charge on any atom is -0.466 e. The molecule has 3 rings (SSSR count). The average molecular weight is 347 g/mol. The molecule has 3 aromatic rings. The van der Waals surface area contributed by atoms with E-state index in [1.54, 1.807) is 43.3 Å². The highest BCUT2D eigenvalue weighted by molar-refractivity contribution is 6.30. The van der Waals surface area contributed by atoms with Gasteiger partial charge < -0.3 is 19.4 Å². The number of aromatic nitrogens is 1. The molecule has 2 N–H and O–H groups in total. The van der Waals surface area contributed by atoms with Crippen molar-refractivity contribution in [3.63, 3.8) is 0 Å². The zero-order chi connectivity index (χ0) is 17.2. The Bertz CT molecular complexity index is 823. The smallest absolute Gasteiger partial charge is 0.257 e. The summed E-state index contributed by atoms with van der Waals surface area (Å²) < 4.78 is 10.1. The van der Waals surface area contributed by atoms with Gasteiger partial charge in [0.25, 0.3) is 5.91 Å². The Morgan fingerprint density at radius 1 is 1.33 bits per heavy atom. The van der Waals surface area contributed by atoms with Crippen molar-refractivity contribution in [2.75, 3.05) is 6.54 Å². The maximum absolute atomic E-state index is 12.4. The molecule has 0 aliphatic rings. The predicted molar refractivity (Wildman–Crippen MR) is 87.6 cm³/mol. The van der Waals surface area contributed by atoms with E-state index in [9.17, 15) is 9.90 Å². The number of carbonyl (C=O) groups excluding carboxylic acids is 1. The summed E-state index contributed by atoms with van der Waals surface area (Å²) in [7, 11) is 0. The standard InChI is InChI=1S/C17H15ClN2O4/c1-17(22,14-3-2-8-23-14)10-19-16(21)13-9-24-20-15(13)11-4-6-12(18)7-5-11/h2-9,22H,10H2,1H3,(H,19,21). The van der Waals surface area contributed by atoms with Gasteiger partial charge in [0.05, 0.1) is 12.8 Å². The number of rotatable bonds is 5. The highest BCUT2D eigenvalue weighted by Gasteiger charge is 2.28. The minimum absolute atomic E-state index is 0.0232. The number of halogens is 1. The second kappa shape index (κ2) is 6.51. The second-order valence-corrected chi connectivity index (χ2v) is 5.95. The SMILES string of the molecule is CC(O)(CNC(=O)c1conc1-c1ccc(Cl)cc1)c1ccco1. The molecular formula is C17H15ClN2O4. The monoisotopic (exact) mass is 346 g/mol. The van der Waals surface area contributed by atoms with Crippen LogP contribution in [-0.2, 0) is 5.60 Å². The summed E-state index contributed by atoms with van der Waals surface area (Å²) in [6.45, 7) is 1.53. The molecular weight excluding hydrogens is 332 g/mol. The number of aliphatic hydroxyl groups is 1. The normalized spacial score (nSPS) is 13.5. The Kier molecular flexibility index (Phi) is 4.42. The lowest BCUT2D eigenvalue weighted by Gasteiger charge is -2.21. The molecule has 7 heteroatoms. The number of hydrogen-bond acceptors (Lipinski definition) is 5. The van der Waals surface area contributed by atoms with Crippen molar-refractivity contribution in [2.45, 2.75) is 12.5 Å². The topological polar surface area (TPSA) is 88.5 Å². The number of hydrogen-bond donors (Lipinski definition) is 2. The molecule has 0 radical (unpaired) electrons. The molecule has 6 nitrogen and oxygen atoms in total. The van der Waals surface area contributed by atoms with Crippen LogP contribution in [0.3, 0.4) is 0 Å². The van der Waals surface area contributed by atoms with Crippen LogP contribution in [0.25, 0.3) is 11.3 Å². The number of furan rings is 1. The first-order chi connectivity index (χ1) is 11.5. The third-order valence-corrected chi connectivity index (χ3v) is 3.83. The molecule has 0 bridgehead atoms. The van der Waals surface area contributed by atoms with E-state index in [0.717, 1.165) is 0 Å². The lowest BCUT2D eigenvalue weighted by atomic mass is 10.0. The first-order valence-corrected chi connectivity index (χ1v) is 7.60. The van der Waals surface area contributed by atoms with Gasteiger partial charge in [-0.05, 0) is 31.2 Å². The van der Waals surface area contributed by atoms with E-state index in [-0.39, 0.29) is 12.1 Å². The molecule has 2 heterocycles. The van der Waals surface area contributed by atoms with Gasteiger partial charge in [0.1, 0.15) is 28.9 Å². The molecule has 1 atom stereocenters. The van der Waals surface area contributed by atoms with Crippen molar-refractivity contribution in [3.8, 4) is 11.3 Å². The summed E-state index contributed by atoms with van der Waals surface area (Å²) in [5.74, 6) is -0.0425. The summed E-state index contributed by atoms with van der Waals surface area (Å²) in [5.41, 5.74) is 0.0574. The Morgan fingerprint density at radius 3 is 2.75 bits per heavy atom. The van der Waals surface area contributed by atoms with E-state index in [4.69, 9.17) is 20.5 Å². The van der Waals surface area contributed by atoms with E-state index >= 15 is 0 Å². The van der Waals surface area contributed by atoms with Gasteiger partial charge >= 0.3 is 0 Å². The third-order valence-electron chi connectivity index (χ3n) is 3.58. The molecule has 0 aliphatic carbocycles. The lowest BCUT2D eigenvalue weighted by Crippen LogP contribution is -2.38. The molecule has 124 valence electrons. The van der Waals surface area contributed by atoms with Crippen LogP contribution in [0.5, 0.6) is 0 Å². The maximum atomic E-state index is 12.4. The van der Waals surface area contributed by atoms with Crippen molar-refractivity contribution in [2.24, 2.45) is 0 Å². The predicted octanol–water partition coefficient (Wildman–Crippen LogP) is 3.23. The fourth-order valence-electron chi connectivity index (χ4n) is 2.23. The van der Waals surface area contributed by atoms with E-state index in [1.807, 2.05) is 0 Å². The van der Waals surface area contributed by atoms with Gasteiger partial charge in [-0.2, -0.15) is 0 Å². The van der Waals surface area contributed by atoms with Gasteiger partial charge in [0, 0.05) is 10.6 Å². The summed E-state index contributed by atoms with van der Waals surface area (Å²) >= 11 is 5.86. The van der Waals surface area contributed by atoms with Crippen LogP contribution in [0.4, 0.5) is 0 Å². The van der Waals surface area contributed by atoms with Gasteiger partial charge in [-0.3, -0.25) is 4.79 Å². The summed E-state index contributed by atoms with van der Waals surface area (Å²) in [6.07, 6.45) is 2.73. The molecule has 0 fully saturated rings. The molecule has 0 aliphatic heterocycles. The molecule has 1 aromatic carbocycles. The number of amides is 1. The number of nitrogens with zero attached hydrogens (tertiary/aromatic N) is 1. The molecule has 1 unspecified atom stereocenters. The molecule has 2 aromatic heterocycles. The lowest BCUT2D eigenvalue weighted by molar-refractivity contribution is 0.0330. The van der Waals surface area contributed by atoms with Gasteiger partial charge in [-0.1, -0.05) is 28.9 Å². The third kappa shape index (κ3) is 3.34. The molecule has 1 amide bonds. The summed E-state index contributed by atoms with van der Waals surface area (Å²) in [6, 6.07) is 10.2. The highest BCUT2D eigenvalue weighted by Crippen LogP contribution is 2.24. The van der Waals surface area contributed by atoms with E-state index < -0.39 is 11.5 Å². The highest BCUT2D eigenvalue weighted by atomic mass is 35.5. The Balaban J connectivity index is 1.75. The van der Waals surface area contributed by atoms with Crippen molar-refractivity contribution < 1.29 is 18.8 Å². The van der Waals surface area contributed by atoms with Gasteiger partial charge in [0.2, 0.25) is 0 Å². The minimum atomic E-state index is -1.32. The van der Waals surface area contributed by atoms with Crippen LogP contribution < -0.4 is 5.32 Å². The number of carbonyl (C=O) groups is 1. The van der Waals surface area contributed by atoms with Gasteiger partial charge in [-0.25, -0.2) is 0 Å². The van der Waals surface area contributed by atoms with Crippen LogP contribution in [0.15, 0.2) is 57.9 Å². The van der Waals surface area contributed by atoms with Gasteiger partial charge in [-0.15, -0.1) is 0 Å². The van der Waals surface area contributed by atoms with Crippen LogP contribution in [0.1, 0.15) is 23.0 Å². The molecule has 24 heavy (non-hydrogen) atoms. The zero-order valence-electron chi connectivity index (χ0n) is 12.8. The fraction of sp³-hybridized carbons (Fsp3) is 0.176.